The molecule has 0 spiro atoms. The number of rotatable bonds is 4. The van der Waals surface area contributed by atoms with Gasteiger partial charge in [-0.1, -0.05) is 35.3 Å². The lowest BCUT2D eigenvalue weighted by Gasteiger charge is -2.29. The summed E-state index contributed by atoms with van der Waals surface area (Å²) >= 11 is 12.1. The number of hydrogen-bond donors (Lipinski definition) is 1. The summed E-state index contributed by atoms with van der Waals surface area (Å²) in [4.78, 5) is 13.7. The smallest absolute Gasteiger partial charge is 0.239 e. The maximum atomic E-state index is 12.0. The van der Waals surface area contributed by atoms with Crippen LogP contribution in [0.2, 0.25) is 10.0 Å². The molecule has 0 aliphatic heterocycles. The first-order valence-corrected chi connectivity index (χ1v) is 6.59. The number of halogens is 2. The summed E-state index contributed by atoms with van der Waals surface area (Å²) in [7, 11) is 0. The highest BCUT2D eigenvalue weighted by molar-refractivity contribution is 6.42. The average molecular weight is 289 g/mol. The van der Waals surface area contributed by atoms with Crippen molar-refractivity contribution >= 4 is 29.1 Å². The lowest BCUT2D eigenvalue weighted by Crippen LogP contribution is -2.45. The third kappa shape index (κ3) is 3.61. The van der Waals surface area contributed by atoms with Gasteiger partial charge >= 0.3 is 0 Å². The van der Waals surface area contributed by atoms with Crippen LogP contribution in [0, 0.1) is 0 Å². The molecule has 1 rings (SSSR count). The molecular weight excluding hydrogens is 271 g/mol. The maximum absolute atomic E-state index is 12.0. The molecule has 1 aromatic rings. The Balaban J connectivity index is 2.97. The summed E-state index contributed by atoms with van der Waals surface area (Å²) in [5.74, 6) is -0.0963. The first kappa shape index (κ1) is 15.3. The highest BCUT2D eigenvalue weighted by atomic mass is 35.5. The molecule has 1 amide bonds. The predicted molar refractivity (Wildman–Crippen MR) is 75.8 cm³/mol. The van der Waals surface area contributed by atoms with E-state index in [4.69, 9.17) is 28.9 Å². The van der Waals surface area contributed by atoms with Gasteiger partial charge in [0.1, 0.15) is 0 Å². The van der Waals surface area contributed by atoms with Gasteiger partial charge < -0.3 is 10.6 Å². The van der Waals surface area contributed by atoms with Gasteiger partial charge in [-0.2, -0.15) is 0 Å². The first-order valence-electron chi connectivity index (χ1n) is 5.83. The molecule has 100 valence electrons. The molecule has 0 aliphatic rings. The molecule has 1 unspecified atom stereocenters. The summed E-state index contributed by atoms with van der Waals surface area (Å²) in [6.45, 7) is 5.98. The van der Waals surface area contributed by atoms with Crippen molar-refractivity contribution in [2.45, 2.75) is 39.4 Å². The zero-order valence-corrected chi connectivity index (χ0v) is 12.3. The van der Waals surface area contributed by atoms with Crippen LogP contribution in [0.15, 0.2) is 18.2 Å². The van der Waals surface area contributed by atoms with Gasteiger partial charge in [-0.05, 0) is 32.4 Å². The van der Waals surface area contributed by atoms with E-state index in [0.29, 0.717) is 16.6 Å². The molecule has 5 heteroatoms. The predicted octanol–water partition coefficient (Wildman–Crippen LogP) is 3.08. The van der Waals surface area contributed by atoms with Crippen LogP contribution < -0.4 is 5.73 Å². The highest BCUT2D eigenvalue weighted by Crippen LogP contribution is 2.27. The van der Waals surface area contributed by atoms with E-state index in [1.807, 2.05) is 26.0 Å². The summed E-state index contributed by atoms with van der Waals surface area (Å²) in [6, 6.07) is 4.93. The summed E-state index contributed by atoms with van der Waals surface area (Å²) < 4.78 is 0. The SMILES string of the molecule is CC(N)C(=O)N(Cc1cccc(Cl)c1Cl)C(C)C. The Hall–Kier alpha value is -0.770. The van der Waals surface area contributed by atoms with Gasteiger partial charge in [-0.3, -0.25) is 4.79 Å². The minimum absolute atomic E-state index is 0.0542. The topological polar surface area (TPSA) is 46.3 Å². The number of benzene rings is 1. The second kappa shape index (κ2) is 6.41. The van der Waals surface area contributed by atoms with E-state index in [2.05, 4.69) is 0 Å². The molecule has 0 aliphatic carbocycles. The van der Waals surface area contributed by atoms with Crippen LogP contribution in [0.3, 0.4) is 0 Å². The Labute approximate surface area is 118 Å². The molecule has 0 fully saturated rings. The zero-order chi connectivity index (χ0) is 13.9. The van der Waals surface area contributed by atoms with Crippen LogP contribution in [-0.2, 0) is 11.3 Å². The monoisotopic (exact) mass is 288 g/mol. The first-order chi connectivity index (χ1) is 8.34. The van der Waals surface area contributed by atoms with Crippen molar-refractivity contribution in [2.24, 2.45) is 5.73 Å². The molecule has 0 saturated heterocycles. The lowest BCUT2D eigenvalue weighted by atomic mass is 10.1. The van der Waals surface area contributed by atoms with E-state index in [9.17, 15) is 4.79 Å². The van der Waals surface area contributed by atoms with Crippen molar-refractivity contribution < 1.29 is 4.79 Å². The van der Waals surface area contributed by atoms with E-state index >= 15 is 0 Å². The zero-order valence-electron chi connectivity index (χ0n) is 10.8. The Bertz CT molecular complexity index is 433. The van der Waals surface area contributed by atoms with Crippen molar-refractivity contribution in [3.63, 3.8) is 0 Å². The molecular formula is C13H18Cl2N2O. The van der Waals surface area contributed by atoms with E-state index < -0.39 is 6.04 Å². The van der Waals surface area contributed by atoms with E-state index in [1.54, 1.807) is 17.9 Å². The minimum Gasteiger partial charge on any atom is -0.335 e. The van der Waals surface area contributed by atoms with Crippen LogP contribution in [0.1, 0.15) is 26.3 Å². The number of hydrogen-bond acceptors (Lipinski definition) is 2. The Morgan fingerprint density at radius 1 is 1.33 bits per heavy atom. The van der Waals surface area contributed by atoms with Gasteiger partial charge in [-0.15, -0.1) is 0 Å². The van der Waals surface area contributed by atoms with Crippen LogP contribution >= 0.6 is 23.2 Å². The van der Waals surface area contributed by atoms with Crippen LogP contribution in [0.25, 0.3) is 0 Å². The molecule has 0 heterocycles. The van der Waals surface area contributed by atoms with Gasteiger partial charge in [-0.25, -0.2) is 0 Å². The van der Waals surface area contributed by atoms with Crippen molar-refractivity contribution in [2.75, 3.05) is 0 Å². The van der Waals surface area contributed by atoms with Crippen LogP contribution in [0.4, 0.5) is 0 Å². The van der Waals surface area contributed by atoms with E-state index in [0.717, 1.165) is 5.56 Å². The fourth-order valence-electron chi connectivity index (χ4n) is 1.63. The van der Waals surface area contributed by atoms with Gasteiger partial charge in [0.25, 0.3) is 0 Å². The quantitative estimate of drug-likeness (QED) is 0.926. The number of carbonyl (C=O) groups is 1. The van der Waals surface area contributed by atoms with Gasteiger partial charge in [0, 0.05) is 12.6 Å². The number of carbonyl (C=O) groups excluding carboxylic acids is 1. The lowest BCUT2D eigenvalue weighted by molar-refractivity contribution is -0.134. The van der Waals surface area contributed by atoms with Gasteiger partial charge in [0.15, 0.2) is 0 Å². The third-order valence-electron chi connectivity index (χ3n) is 2.67. The molecule has 0 radical (unpaired) electrons. The Morgan fingerprint density at radius 3 is 2.44 bits per heavy atom. The number of nitrogens with zero attached hydrogens (tertiary/aromatic N) is 1. The molecule has 18 heavy (non-hydrogen) atoms. The van der Waals surface area contributed by atoms with Crippen LogP contribution in [-0.4, -0.2) is 22.9 Å². The Kier molecular flexibility index (Phi) is 5.45. The minimum atomic E-state index is -0.523. The van der Waals surface area contributed by atoms with E-state index in [-0.39, 0.29) is 11.9 Å². The van der Waals surface area contributed by atoms with E-state index in [1.165, 1.54) is 0 Å². The standard InChI is InChI=1S/C13H18Cl2N2O/c1-8(2)17(13(18)9(3)16)7-10-5-4-6-11(14)12(10)15/h4-6,8-9H,7,16H2,1-3H3. The van der Waals surface area contributed by atoms with Crippen molar-refractivity contribution in [3.8, 4) is 0 Å². The normalized spacial score (nSPS) is 12.6. The van der Waals surface area contributed by atoms with Gasteiger partial charge in [0.2, 0.25) is 5.91 Å². The second-order valence-electron chi connectivity index (χ2n) is 4.56. The molecule has 0 bridgehead atoms. The summed E-state index contributed by atoms with van der Waals surface area (Å²) in [6.07, 6.45) is 0. The van der Waals surface area contributed by atoms with Crippen LogP contribution in [0.5, 0.6) is 0 Å². The maximum Gasteiger partial charge on any atom is 0.239 e. The third-order valence-corrected chi connectivity index (χ3v) is 3.53. The average Bonchev–Trinajstić information content (AvgIpc) is 2.29. The van der Waals surface area contributed by atoms with Crippen molar-refractivity contribution in [1.82, 2.24) is 4.90 Å². The van der Waals surface area contributed by atoms with Gasteiger partial charge in [0.05, 0.1) is 16.1 Å². The summed E-state index contributed by atoms with van der Waals surface area (Å²) in [5, 5.41) is 0.980. The molecule has 0 saturated carbocycles. The fraction of sp³-hybridized carbons (Fsp3) is 0.462. The molecule has 1 atom stereocenters. The van der Waals surface area contributed by atoms with Crippen molar-refractivity contribution in [3.05, 3.63) is 33.8 Å². The molecule has 0 aromatic heterocycles. The fourth-order valence-corrected chi connectivity index (χ4v) is 2.01. The number of nitrogens with two attached hydrogens (primary N) is 1. The molecule has 3 nitrogen and oxygen atoms in total. The highest BCUT2D eigenvalue weighted by Gasteiger charge is 2.21. The summed E-state index contributed by atoms with van der Waals surface area (Å²) in [5.41, 5.74) is 6.47. The molecule has 1 aromatic carbocycles. The largest absolute Gasteiger partial charge is 0.335 e. The number of amides is 1. The molecule has 2 N–H and O–H groups in total. The van der Waals surface area contributed by atoms with Crippen molar-refractivity contribution in [1.29, 1.82) is 0 Å². The second-order valence-corrected chi connectivity index (χ2v) is 5.35. The Morgan fingerprint density at radius 2 is 1.94 bits per heavy atom.